The first-order valence-corrected chi connectivity index (χ1v) is 7.54. The van der Waals surface area contributed by atoms with Gasteiger partial charge in [-0.15, -0.1) is 0 Å². The molecule has 0 unspecified atom stereocenters. The van der Waals surface area contributed by atoms with E-state index in [1.807, 2.05) is 0 Å². The molecule has 1 saturated heterocycles. The molecule has 0 spiro atoms. The molecule has 1 rings (SSSR count). The van der Waals surface area contributed by atoms with Crippen molar-refractivity contribution in [3.05, 3.63) is 0 Å². The van der Waals surface area contributed by atoms with E-state index in [0.717, 1.165) is 19.3 Å². The minimum Gasteiger partial charge on any atom is -0.394 e. The summed E-state index contributed by atoms with van der Waals surface area (Å²) >= 11 is 0. The molecule has 1 aliphatic heterocycles. The summed E-state index contributed by atoms with van der Waals surface area (Å²) in [6.07, 6.45) is 0.851. The summed E-state index contributed by atoms with van der Waals surface area (Å²) in [5.74, 6) is 0. The maximum atomic E-state index is 9.75. The number of aliphatic hydroxyl groups excluding tert-OH is 4. The lowest BCUT2D eigenvalue weighted by Crippen LogP contribution is -2.59. The molecular weight excluding hydrogens is 264 g/mol. The van der Waals surface area contributed by atoms with Crippen LogP contribution in [-0.4, -0.2) is 64.3 Å². The average molecular weight is 292 g/mol. The minimum atomic E-state index is -1.37. The van der Waals surface area contributed by atoms with Gasteiger partial charge in [0.05, 0.1) is 6.61 Å². The zero-order valence-electron chi connectivity index (χ0n) is 12.1. The van der Waals surface area contributed by atoms with Crippen molar-refractivity contribution in [3.63, 3.8) is 0 Å². The smallest absolute Gasteiger partial charge is 0.186 e. The molecule has 5 atom stereocenters. The van der Waals surface area contributed by atoms with Crippen LogP contribution in [0.15, 0.2) is 0 Å². The van der Waals surface area contributed by atoms with Gasteiger partial charge in [-0.2, -0.15) is 0 Å². The van der Waals surface area contributed by atoms with Gasteiger partial charge in [0, 0.05) is 6.61 Å². The Balaban J connectivity index is 2.21. The van der Waals surface area contributed by atoms with E-state index in [-0.39, 0.29) is 0 Å². The molecule has 6 heteroatoms. The molecule has 1 fully saturated rings. The highest BCUT2D eigenvalue weighted by Crippen LogP contribution is 2.22. The van der Waals surface area contributed by atoms with Crippen molar-refractivity contribution in [2.45, 2.75) is 76.2 Å². The van der Waals surface area contributed by atoms with Gasteiger partial charge in [-0.3, -0.25) is 0 Å². The fourth-order valence-corrected chi connectivity index (χ4v) is 2.29. The summed E-state index contributed by atoms with van der Waals surface area (Å²) in [6, 6.07) is 0. The van der Waals surface area contributed by atoms with E-state index < -0.39 is 37.3 Å². The van der Waals surface area contributed by atoms with Crippen LogP contribution in [0.4, 0.5) is 0 Å². The van der Waals surface area contributed by atoms with Gasteiger partial charge in [0.1, 0.15) is 24.4 Å². The second-order valence-electron chi connectivity index (χ2n) is 5.34. The Bertz CT molecular complexity index is 248. The lowest BCUT2D eigenvalue weighted by molar-refractivity contribution is -0.301. The van der Waals surface area contributed by atoms with Crippen LogP contribution in [0.3, 0.4) is 0 Å². The number of hydrogen-bond donors (Lipinski definition) is 4. The van der Waals surface area contributed by atoms with Gasteiger partial charge in [0.25, 0.3) is 0 Å². The quantitative estimate of drug-likeness (QED) is 0.452. The largest absolute Gasteiger partial charge is 0.394 e. The van der Waals surface area contributed by atoms with Crippen LogP contribution in [0.25, 0.3) is 0 Å². The van der Waals surface area contributed by atoms with Gasteiger partial charge in [0.15, 0.2) is 6.29 Å². The third-order valence-corrected chi connectivity index (χ3v) is 3.63. The van der Waals surface area contributed by atoms with Crippen LogP contribution in [-0.2, 0) is 9.47 Å². The number of rotatable bonds is 9. The minimum absolute atomic E-state index is 0.425. The van der Waals surface area contributed by atoms with Crippen molar-refractivity contribution in [1.29, 1.82) is 0 Å². The molecule has 0 saturated carbocycles. The maximum Gasteiger partial charge on any atom is 0.186 e. The van der Waals surface area contributed by atoms with Crippen LogP contribution >= 0.6 is 0 Å². The normalized spacial score (nSPS) is 34.4. The molecule has 0 aliphatic carbocycles. The number of aliphatic hydroxyl groups is 4. The van der Waals surface area contributed by atoms with E-state index in [1.54, 1.807) is 0 Å². The molecule has 0 aromatic rings. The van der Waals surface area contributed by atoms with Crippen molar-refractivity contribution in [2.75, 3.05) is 13.2 Å². The molecule has 0 aromatic heterocycles. The molecule has 1 heterocycles. The highest BCUT2D eigenvalue weighted by atomic mass is 16.7. The lowest BCUT2D eigenvalue weighted by Gasteiger charge is -2.39. The Morgan fingerprint density at radius 2 is 1.55 bits per heavy atom. The van der Waals surface area contributed by atoms with Crippen LogP contribution in [0.1, 0.15) is 45.4 Å². The Labute approximate surface area is 120 Å². The maximum absolute atomic E-state index is 9.75. The van der Waals surface area contributed by atoms with Crippen LogP contribution < -0.4 is 0 Å². The highest BCUT2D eigenvalue weighted by Gasteiger charge is 2.43. The van der Waals surface area contributed by atoms with E-state index >= 15 is 0 Å². The van der Waals surface area contributed by atoms with E-state index in [4.69, 9.17) is 14.6 Å². The molecule has 6 nitrogen and oxygen atoms in total. The third-order valence-electron chi connectivity index (χ3n) is 3.63. The summed E-state index contributed by atoms with van der Waals surface area (Å²) in [5, 5.41) is 38.0. The van der Waals surface area contributed by atoms with Gasteiger partial charge < -0.3 is 29.9 Å². The predicted octanol–water partition coefficient (Wildman–Crippen LogP) is 0.163. The Morgan fingerprint density at radius 3 is 2.20 bits per heavy atom. The predicted molar refractivity (Wildman–Crippen MR) is 73.1 cm³/mol. The standard InChI is InChI=1S/C14H28O6/c1-2-3-4-5-6-7-8-19-14-13(18)12(17)11(16)10(9-15)20-14/h10-18H,2-9H2,1H3/t10-,11-,12-,13+,14-/m1/s1. The van der Waals surface area contributed by atoms with Crippen LogP contribution in [0.2, 0.25) is 0 Å². The fraction of sp³-hybridized carbons (Fsp3) is 1.00. The average Bonchev–Trinajstić information content (AvgIpc) is 2.46. The summed E-state index contributed by atoms with van der Waals surface area (Å²) < 4.78 is 10.6. The topological polar surface area (TPSA) is 99.4 Å². The SMILES string of the molecule is CCCCCCCCO[C@@H]1O[C@H](CO)[C@@H](O)[C@@H](O)[C@@H]1O. The second-order valence-corrected chi connectivity index (χ2v) is 5.34. The van der Waals surface area contributed by atoms with E-state index in [1.165, 1.54) is 19.3 Å². The first-order chi connectivity index (χ1) is 9.61. The molecule has 20 heavy (non-hydrogen) atoms. The van der Waals surface area contributed by atoms with Crippen molar-refractivity contribution < 1.29 is 29.9 Å². The van der Waals surface area contributed by atoms with Gasteiger partial charge in [-0.25, -0.2) is 0 Å². The van der Waals surface area contributed by atoms with Gasteiger partial charge in [-0.1, -0.05) is 39.0 Å². The molecule has 0 bridgehead atoms. The Morgan fingerprint density at radius 1 is 0.900 bits per heavy atom. The fourth-order valence-electron chi connectivity index (χ4n) is 2.29. The number of ether oxygens (including phenoxy) is 2. The number of unbranched alkanes of at least 4 members (excludes halogenated alkanes) is 5. The zero-order valence-corrected chi connectivity index (χ0v) is 12.1. The molecule has 0 amide bonds. The van der Waals surface area contributed by atoms with Crippen molar-refractivity contribution >= 4 is 0 Å². The van der Waals surface area contributed by atoms with E-state index in [0.29, 0.717) is 6.61 Å². The molecule has 4 N–H and O–H groups in total. The van der Waals surface area contributed by atoms with Crippen LogP contribution in [0, 0.1) is 0 Å². The summed E-state index contributed by atoms with van der Waals surface area (Å²) in [5.41, 5.74) is 0. The summed E-state index contributed by atoms with van der Waals surface area (Å²) in [6.45, 7) is 2.17. The van der Waals surface area contributed by atoms with Crippen molar-refractivity contribution in [1.82, 2.24) is 0 Å². The van der Waals surface area contributed by atoms with Crippen molar-refractivity contribution in [2.24, 2.45) is 0 Å². The Hall–Kier alpha value is -0.240. The van der Waals surface area contributed by atoms with E-state index in [2.05, 4.69) is 6.92 Å². The molecular formula is C14H28O6. The molecule has 1 aliphatic rings. The van der Waals surface area contributed by atoms with Gasteiger partial charge in [0.2, 0.25) is 0 Å². The zero-order chi connectivity index (χ0) is 15.0. The van der Waals surface area contributed by atoms with E-state index in [9.17, 15) is 15.3 Å². The monoisotopic (exact) mass is 292 g/mol. The molecule has 120 valence electrons. The second kappa shape index (κ2) is 9.65. The van der Waals surface area contributed by atoms with Gasteiger partial charge >= 0.3 is 0 Å². The van der Waals surface area contributed by atoms with Crippen LogP contribution in [0.5, 0.6) is 0 Å². The van der Waals surface area contributed by atoms with Crippen molar-refractivity contribution in [3.8, 4) is 0 Å². The Kier molecular flexibility index (Phi) is 8.60. The summed E-state index contributed by atoms with van der Waals surface area (Å²) in [4.78, 5) is 0. The first kappa shape index (κ1) is 17.8. The summed E-state index contributed by atoms with van der Waals surface area (Å²) in [7, 11) is 0. The molecule has 0 aromatic carbocycles. The first-order valence-electron chi connectivity index (χ1n) is 7.54. The highest BCUT2D eigenvalue weighted by molar-refractivity contribution is 4.88. The third kappa shape index (κ3) is 5.27. The molecule has 0 radical (unpaired) electrons. The lowest BCUT2D eigenvalue weighted by atomic mass is 9.99. The number of hydrogen-bond acceptors (Lipinski definition) is 6. The van der Waals surface area contributed by atoms with Gasteiger partial charge in [-0.05, 0) is 6.42 Å².